The van der Waals surface area contributed by atoms with Crippen LogP contribution < -0.4 is 5.32 Å². The number of carboxylic acids is 1. The molecule has 1 amide bonds. The average molecular weight is 277 g/mol. The zero-order valence-corrected chi connectivity index (χ0v) is 11.6. The Kier molecular flexibility index (Phi) is 5.90. The molecule has 0 aliphatic carbocycles. The summed E-state index contributed by atoms with van der Waals surface area (Å²) in [7, 11) is 0. The van der Waals surface area contributed by atoms with Crippen LogP contribution in [0.25, 0.3) is 0 Å². The molecule has 1 aromatic carbocycles. The number of carbonyl (C=O) groups is 3. The van der Waals surface area contributed by atoms with E-state index in [-0.39, 0.29) is 18.1 Å². The number of rotatable bonds is 7. The molecule has 0 radical (unpaired) electrons. The fraction of sp³-hybridized carbons (Fsp3) is 0.400. The van der Waals surface area contributed by atoms with Crippen LogP contribution in [0.2, 0.25) is 0 Å². The van der Waals surface area contributed by atoms with Crippen molar-refractivity contribution in [2.24, 2.45) is 5.92 Å². The molecule has 0 spiro atoms. The smallest absolute Gasteiger partial charge is 0.326 e. The van der Waals surface area contributed by atoms with Crippen molar-refractivity contribution in [3.63, 3.8) is 0 Å². The molecule has 1 rings (SSSR count). The fourth-order valence-corrected chi connectivity index (χ4v) is 1.89. The molecular formula is C15H19NO4. The number of nitrogens with one attached hydrogen (secondary N) is 1. The number of aliphatic carboxylic acids is 1. The Morgan fingerprint density at radius 1 is 1.20 bits per heavy atom. The first-order chi connectivity index (χ1) is 9.47. The Hall–Kier alpha value is -2.17. The van der Waals surface area contributed by atoms with Crippen LogP contribution in [0.4, 0.5) is 0 Å². The molecule has 5 nitrogen and oxygen atoms in total. The van der Waals surface area contributed by atoms with E-state index in [4.69, 9.17) is 0 Å². The zero-order chi connectivity index (χ0) is 15.1. The van der Waals surface area contributed by atoms with Crippen molar-refractivity contribution in [2.75, 3.05) is 0 Å². The number of amides is 1. The van der Waals surface area contributed by atoms with Crippen LogP contribution in [0.3, 0.4) is 0 Å². The second kappa shape index (κ2) is 7.43. The van der Waals surface area contributed by atoms with E-state index in [0.717, 1.165) is 0 Å². The minimum Gasteiger partial charge on any atom is -0.480 e. The lowest BCUT2D eigenvalue weighted by molar-refractivity contribution is -0.142. The van der Waals surface area contributed by atoms with Gasteiger partial charge in [0.15, 0.2) is 5.78 Å². The van der Waals surface area contributed by atoms with Gasteiger partial charge in [0.2, 0.25) is 5.91 Å². The molecular weight excluding hydrogens is 258 g/mol. The third kappa shape index (κ3) is 4.19. The Morgan fingerprint density at radius 2 is 1.80 bits per heavy atom. The van der Waals surface area contributed by atoms with Crippen molar-refractivity contribution in [1.82, 2.24) is 5.32 Å². The van der Waals surface area contributed by atoms with Gasteiger partial charge in [-0.05, 0) is 6.42 Å². The van der Waals surface area contributed by atoms with Gasteiger partial charge in [-0.15, -0.1) is 0 Å². The topological polar surface area (TPSA) is 83.5 Å². The van der Waals surface area contributed by atoms with Gasteiger partial charge in [-0.25, -0.2) is 4.79 Å². The summed E-state index contributed by atoms with van der Waals surface area (Å²) in [6.07, 6.45) is 0.870. The predicted molar refractivity (Wildman–Crippen MR) is 74.4 cm³/mol. The summed E-state index contributed by atoms with van der Waals surface area (Å²) in [4.78, 5) is 35.0. The maximum absolute atomic E-state index is 12.2. The maximum atomic E-state index is 12.2. The molecule has 20 heavy (non-hydrogen) atoms. The van der Waals surface area contributed by atoms with Crippen molar-refractivity contribution in [3.05, 3.63) is 35.9 Å². The molecule has 1 aromatic rings. The Labute approximate surface area is 118 Å². The van der Waals surface area contributed by atoms with Crippen LogP contribution in [0.15, 0.2) is 30.3 Å². The Morgan fingerprint density at radius 3 is 2.30 bits per heavy atom. The summed E-state index contributed by atoms with van der Waals surface area (Å²) < 4.78 is 0. The summed E-state index contributed by atoms with van der Waals surface area (Å²) in [6.45, 7) is 3.34. The second-order valence-corrected chi connectivity index (χ2v) is 4.65. The molecule has 0 fully saturated rings. The monoisotopic (exact) mass is 277 g/mol. The highest BCUT2D eigenvalue weighted by Gasteiger charge is 2.31. The molecule has 0 aliphatic heterocycles. The number of carbonyl (C=O) groups excluding carboxylic acids is 2. The molecule has 2 atom stereocenters. The highest BCUT2D eigenvalue weighted by molar-refractivity contribution is 6.01. The Bertz CT molecular complexity index is 484. The predicted octanol–water partition coefficient (Wildman–Crippen LogP) is 1.87. The van der Waals surface area contributed by atoms with Crippen molar-refractivity contribution in [2.45, 2.75) is 32.7 Å². The van der Waals surface area contributed by atoms with Gasteiger partial charge in [-0.3, -0.25) is 9.59 Å². The fourth-order valence-electron chi connectivity index (χ4n) is 1.89. The molecule has 0 aliphatic rings. The lowest BCUT2D eigenvalue weighted by Gasteiger charge is -2.20. The van der Waals surface area contributed by atoms with E-state index in [0.29, 0.717) is 12.0 Å². The summed E-state index contributed by atoms with van der Waals surface area (Å²) in [6, 6.07) is 7.26. The van der Waals surface area contributed by atoms with Crippen molar-refractivity contribution in [3.8, 4) is 0 Å². The molecule has 108 valence electrons. The summed E-state index contributed by atoms with van der Waals surface area (Å²) in [5.41, 5.74) is 0.441. The number of carboxylic acid groups (broad SMARTS) is 1. The summed E-state index contributed by atoms with van der Waals surface area (Å²) in [5, 5.41) is 11.6. The van der Waals surface area contributed by atoms with Gasteiger partial charge in [0, 0.05) is 12.0 Å². The van der Waals surface area contributed by atoms with Crippen LogP contribution in [-0.2, 0) is 9.59 Å². The number of Topliss-reactive ketones (excluding diaryl/α,β-unsaturated/α-hetero) is 1. The number of hydrogen-bond donors (Lipinski definition) is 2. The standard InChI is InChI=1S/C15H19NO4/c1-3-7-12(17)16-13(15(19)20)10(2)14(18)11-8-5-4-6-9-11/h4-6,8-10,13H,3,7H2,1-2H3,(H,16,17)(H,19,20)/t10-,13-/m1/s1. The Balaban J connectivity index is 2.84. The molecule has 0 aromatic heterocycles. The van der Waals surface area contributed by atoms with Crippen LogP contribution >= 0.6 is 0 Å². The van der Waals surface area contributed by atoms with E-state index in [1.54, 1.807) is 30.3 Å². The van der Waals surface area contributed by atoms with Crippen molar-refractivity contribution >= 4 is 17.7 Å². The van der Waals surface area contributed by atoms with Gasteiger partial charge in [0.25, 0.3) is 0 Å². The van der Waals surface area contributed by atoms with Gasteiger partial charge in [0.1, 0.15) is 6.04 Å². The third-order valence-electron chi connectivity index (χ3n) is 3.03. The minimum atomic E-state index is -1.21. The maximum Gasteiger partial charge on any atom is 0.326 e. The largest absolute Gasteiger partial charge is 0.480 e. The van der Waals surface area contributed by atoms with Crippen molar-refractivity contribution in [1.29, 1.82) is 0 Å². The van der Waals surface area contributed by atoms with Gasteiger partial charge in [-0.2, -0.15) is 0 Å². The number of hydrogen-bond acceptors (Lipinski definition) is 3. The minimum absolute atomic E-state index is 0.246. The SMILES string of the molecule is CCCC(=O)N[C@@H](C(=O)O)[C@@H](C)C(=O)c1ccccc1. The molecule has 0 heterocycles. The van der Waals surface area contributed by atoms with Crippen LogP contribution in [0.1, 0.15) is 37.0 Å². The van der Waals surface area contributed by atoms with Gasteiger partial charge in [0.05, 0.1) is 5.92 Å². The van der Waals surface area contributed by atoms with Gasteiger partial charge >= 0.3 is 5.97 Å². The first-order valence-electron chi connectivity index (χ1n) is 6.58. The van der Waals surface area contributed by atoms with Crippen LogP contribution in [0.5, 0.6) is 0 Å². The first kappa shape index (κ1) is 15.9. The molecule has 0 saturated carbocycles. The number of ketones is 1. The molecule has 5 heteroatoms. The van der Waals surface area contributed by atoms with Gasteiger partial charge < -0.3 is 10.4 Å². The van der Waals surface area contributed by atoms with Gasteiger partial charge in [-0.1, -0.05) is 44.2 Å². The zero-order valence-electron chi connectivity index (χ0n) is 11.6. The average Bonchev–Trinajstić information content (AvgIpc) is 2.44. The lowest BCUT2D eigenvalue weighted by atomic mass is 9.92. The highest BCUT2D eigenvalue weighted by Crippen LogP contribution is 2.13. The van der Waals surface area contributed by atoms with Crippen molar-refractivity contribution < 1.29 is 19.5 Å². The molecule has 0 unspecified atom stereocenters. The van der Waals surface area contributed by atoms with E-state index in [9.17, 15) is 19.5 Å². The third-order valence-corrected chi connectivity index (χ3v) is 3.03. The summed E-state index contributed by atoms with van der Waals surface area (Å²) in [5.74, 6) is -2.68. The summed E-state index contributed by atoms with van der Waals surface area (Å²) >= 11 is 0. The van der Waals surface area contributed by atoms with Crippen LogP contribution in [0, 0.1) is 5.92 Å². The van der Waals surface area contributed by atoms with E-state index < -0.39 is 17.9 Å². The van der Waals surface area contributed by atoms with E-state index >= 15 is 0 Å². The second-order valence-electron chi connectivity index (χ2n) is 4.65. The molecule has 0 bridgehead atoms. The lowest BCUT2D eigenvalue weighted by Crippen LogP contribution is -2.47. The van der Waals surface area contributed by atoms with E-state index in [1.165, 1.54) is 6.92 Å². The molecule has 0 saturated heterocycles. The normalized spacial score (nSPS) is 13.3. The first-order valence-corrected chi connectivity index (χ1v) is 6.58. The van der Waals surface area contributed by atoms with E-state index in [1.807, 2.05) is 6.92 Å². The van der Waals surface area contributed by atoms with E-state index in [2.05, 4.69) is 5.32 Å². The number of benzene rings is 1. The van der Waals surface area contributed by atoms with Crippen LogP contribution in [-0.4, -0.2) is 28.8 Å². The quantitative estimate of drug-likeness (QED) is 0.745. The highest BCUT2D eigenvalue weighted by atomic mass is 16.4. The molecule has 2 N–H and O–H groups in total.